The monoisotopic (exact) mass is 334 g/mol. The van der Waals surface area contributed by atoms with Crippen molar-refractivity contribution in [1.82, 2.24) is 19.7 Å². The highest BCUT2D eigenvalue weighted by Crippen LogP contribution is 2.31. The third-order valence-corrected chi connectivity index (χ3v) is 4.41. The predicted molar refractivity (Wildman–Crippen MR) is 71.7 cm³/mol. The Morgan fingerprint density at radius 2 is 1.91 bits per heavy atom. The Morgan fingerprint density at radius 3 is 2.41 bits per heavy atom. The molecule has 2 aromatic rings. The van der Waals surface area contributed by atoms with Crippen molar-refractivity contribution < 1.29 is 21.6 Å². The molecule has 0 amide bonds. The van der Waals surface area contributed by atoms with Gasteiger partial charge in [-0.15, -0.1) is 0 Å². The van der Waals surface area contributed by atoms with E-state index in [1.807, 2.05) is 6.92 Å². The van der Waals surface area contributed by atoms with E-state index in [1.54, 1.807) is 0 Å². The quantitative estimate of drug-likeness (QED) is 0.801. The standard InChI is InChI=1S/C12H13F3N4O2S/c1-3-19-7-8(6-16-19)9-5-10(12(13,14)15)18-11(17-9)22(20,21)4-2/h5-7H,3-4H2,1-2H3. The molecule has 0 atom stereocenters. The second-order valence-corrected chi connectivity index (χ2v) is 6.58. The topological polar surface area (TPSA) is 77.7 Å². The van der Waals surface area contributed by atoms with Gasteiger partial charge in [0.05, 0.1) is 17.6 Å². The van der Waals surface area contributed by atoms with Crippen LogP contribution in [-0.2, 0) is 22.6 Å². The largest absolute Gasteiger partial charge is 0.433 e. The lowest BCUT2D eigenvalue weighted by Crippen LogP contribution is -2.15. The summed E-state index contributed by atoms with van der Waals surface area (Å²) in [5.74, 6) is -0.387. The van der Waals surface area contributed by atoms with Crippen LogP contribution in [0.4, 0.5) is 13.2 Å². The zero-order valence-corrected chi connectivity index (χ0v) is 12.6. The predicted octanol–water partition coefficient (Wildman–Crippen LogP) is 2.17. The van der Waals surface area contributed by atoms with E-state index in [-0.39, 0.29) is 11.4 Å². The summed E-state index contributed by atoms with van der Waals surface area (Å²) in [5.41, 5.74) is -1.13. The molecular formula is C12H13F3N4O2S. The smallest absolute Gasteiger partial charge is 0.272 e. The highest BCUT2D eigenvalue weighted by Gasteiger charge is 2.35. The Morgan fingerprint density at radius 1 is 1.23 bits per heavy atom. The lowest BCUT2D eigenvalue weighted by atomic mass is 10.2. The molecule has 0 aromatic carbocycles. The molecule has 6 nitrogen and oxygen atoms in total. The average molecular weight is 334 g/mol. The molecule has 0 spiro atoms. The molecule has 0 radical (unpaired) electrons. The third-order valence-electron chi connectivity index (χ3n) is 2.91. The molecule has 10 heteroatoms. The first-order valence-electron chi connectivity index (χ1n) is 6.39. The zero-order valence-electron chi connectivity index (χ0n) is 11.8. The van der Waals surface area contributed by atoms with Crippen LogP contribution in [0.5, 0.6) is 0 Å². The first-order valence-corrected chi connectivity index (χ1v) is 8.04. The summed E-state index contributed by atoms with van der Waals surface area (Å²) in [5, 5.41) is 3.11. The SMILES string of the molecule is CCn1cc(-c2cc(C(F)(F)F)nc(S(=O)(=O)CC)n2)cn1. The van der Waals surface area contributed by atoms with Crippen molar-refractivity contribution in [3.05, 3.63) is 24.2 Å². The molecule has 2 rings (SSSR count). The van der Waals surface area contributed by atoms with Crippen molar-refractivity contribution in [2.45, 2.75) is 31.7 Å². The number of aromatic nitrogens is 4. The number of hydrogen-bond donors (Lipinski definition) is 0. The van der Waals surface area contributed by atoms with Crippen molar-refractivity contribution >= 4 is 9.84 Å². The summed E-state index contributed by atoms with van der Waals surface area (Å²) >= 11 is 0. The summed E-state index contributed by atoms with van der Waals surface area (Å²) in [7, 11) is -3.96. The van der Waals surface area contributed by atoms with Gasteiger partial charge >= 0.3 is 6.18 Å². The van der Waals surface area contributed by atoms with Gasteiger partial charge in [0.25, 0.3) is 0 Å². The molecule has 120 valence electrons. The Labute approximate surface area is 124 Å². The minimum atomic E-state index is -4.77. The number of halogens is 3. The van der Waals surface area contributed by atoms with Crippen LogP contribution in [0, 0.1) is 0 Å². The fraction of sp³-hybridized carbons (Fsp3) is 0.417. The van der Waals surface area contributed by atoms with Gasteiger partial charge in [0, 0.05) is 18.3 Å². The van der Waals surface area contributed by atoms with Crippen LogP contribution in [0.1, 0.15) is 19.5 Å². The summed E-state index contributed by atoms with van der Waals surface area (Å²) in [6.07, 6.45) is -1.95. The van der Waals surface area contributed by atoms with Crippen molar-refractivity contribution in [3.63, 3.8) is 0 Å². The second kappa shape index (κ2) is 5.67. The Hall–Kier alpha value is -1.97. The van der Waals surface area contributed by atoms with Crippen LogP contribution < -0.4 is 0 Å². The first kappa shape index (κ1) is 16.4. The molecule has 0 saturated carbocycles. The van der Waals surface area contributed by atoms with E-state index in [4.69, 9.17) is 0 Å². The van der Waals surface area contributed by atoms with Gasteiger partial charge in [0.2, 0.25) is 15.0 Å². The molecule has 2 aromatic heterocycles. The van der Waals surface area contributed by atoms with E-state index in [9.17, 15) is 21.6 Å². The van der Waals surface area contributed by atoms with Gasteiger partial charge in [-0.1, -0.05) is 6.92 Å². The van der Waals surface area contributed by atoms with E-state index >= 15 is 0 Å². The number of nitrogens with zero attached hydrogens (tertiary/aromatic N) is 4. The zero-order chi connectivity index (χ0) is 16.5. The molecule has 0 bridgehead atoms. The van der Waals surface area contributed by atoms with E-state index < -0.39 is 26.9 Å². The molecule has 0 aliphatic heterocycles. The average Bonchev–Trinajstić information content (AvgIpc) is 2.95. The fourth-order valence-corrected chi connectivity index (χ4v) is 2.39. The molecule has 0 aliphatic carbocycles. The number of aryl methyl sites for hydroxylation is 1. The van der Waals surface area contributed by atoms with Crippen LogP contribution in [0.2, 0.25) is 0 Å². The van der Waals surface area contributed by atoms with Gasteiger partial charge in [0.1, 0.15) is 5.69 Å². The minimum Gasteiger partial charge on any atom is -0.272 e. The third kappa shape index (κ3) is 3.26. The highest BCUT2D eigenvalue weighted by atomic mass is 32.2. The van der Waals surface area contributed by atoms with Gasteiger partial charge in [-0.3, -0.25) is 4.68 Å². The number of sulfone groups is 1. The van der Waals surface area contributed by atoms with Crippen LogP contribution in [0.3, 0.4) is 0 Å². The molecule has 0 unspecified atom stereocenters. The van der Waals surface area contributed by atoms with Gasteiger partial charge in [0.15, 0.2) is 0 Å². The second-order valence-electron chi connectivity index (χ2n) is 4.41. The lowest BCUT2D eigenvalue weighted by Gasteiger charge is -2.09. The van der Waals surface area contributed by atoms with Crippen LogP contribution in [0.25, 0.3) is 11.3 Å². The maximum Gasteiger partial charge on any atom is 0.433 e. The van der Waals surface area contributed by atoms with Crippen molar-refractivity contribution in [3.8, 4) is 11.3 Å². The summed E-state index contributed by atoms with van der Waals surface area (Å²) in [6.45, 7) is 3.65. The minimum absolute atomic E-state index is 0.131. The molecule has 0 fully saturated rings. The van der Waals surface area contributed by atoms with Crippen LogP contribution in [0.15, 0.2) is 23.6 Å². The van der Waals surface area contributed by atoms with E-state index in [2.05, 4.69) is 15.1 Å². The van der Waals surface area contributed by atoms with Gasteiger partial charge in [-0.05, 0) is 13.0 Å². The first-order chi connectivity index (χ1) is 10.2. The number of rotatable bonds is 4. The Kier molecular flexibility index (Phi) is 4.23. The van der Waals surface area contributed by atoms with Crippen LogP contribution in [-0.4, -0.2) is 33.9 Å². The van der Waals surface area contributed by atoms with Crippen molar-refractivity contribution in [1.29, 1.82) is 0 Å². The van der Waals surface area contributed by atoms with Gasteiger partial charge in [-0.2, -0.15) is 18.3 Å². The lowest BCUT2D eigenvalue weighted by molar-refractivity contribution is -0.141. The summed E-state index contributed by atoms with van der Waals surface area (Å²) in [6, 6.07) is 0.714. The van der Waals surface area contributed by atoms with E-state index in [0.717, 1.165) is 0 Å². The van der Waals surface area contributed by atoms with Gasteiger partial charge in [-0.25, -0.2) is 18.4 Å². The number of alkyl halides is 3. The Bertz CT molecular complexity index is 784. The maximum absolute atomic E-state index is 12.9. The van der Waals surface area contributed by atoms with Crippen LogP contribution >= 0.6 is 0 Å². The molecule has 0 N–H and O–H groups in total. The highest BCUT2D eigenvalue weighted by molar-refractivity contribution is 7.91. The summed E-state index contributed by atoms with van der Waals surface area (Å²) in [4.78, 5) is 6.90. The fourth-order valence-electron chi connectivity index (χ4n) is 1.66. The molecule has 0 saturated heterocycles. The van der Waals surface area contributed by atoms with Crippen molar-refractivity contribution in [2.75, 3.05) is 5.75 Å². The normalized spacial score (nSPS) is 12.6. The molecular weight excluding hydrogens is 321 g/mol. The molecule has 2 heterocycles. The van der Waals surface area contributed by atoms with E-state index in [1.165, 1.54) is 24.0 Å². The maximum atomic E-state index is 12.9. The Balaban J connectivity index is 2.66. The van der Waals surface area contributed by atoms with E-state index in [0.29, 0.717) is 18.2 Å². The van der Waals surface area contributed by atoms with Gasteiger partial charge < -0.3 is 0 Å². The number of hydrogen-bond acceptors (Lipinski definition) is 5. The van der Waals surface area contributed by atoms with Crippen molar-refractivity contribution in [2.24, 2.45) is 0 Å². The molecule has 22 heavy (non-hydrogen) atoms. The summed E-state index contributed by atoms with van der Waals surface area (Å²) < 4.78 is 63.9. The molecule has 0 aliphatic rings.